The molecule has 2 heterocycles. The first-order valence-corrected chi connectivity index (χ1v) is 11.7. The van der Waals surface area contributed by atoms with Gasteiger partial charge < -0.3 is 15.0 Å². The largest absolute Gasteiger partial charge is 0.472 e. The predicted molar refractivity (Wildman–Crippen MR) is 120 cm³/mol. The van der Waals surface area contributed by atoms with E-state index >= 15 is 0 Å². The molecule has 2 aromatic rings. The van der Waals surface area contributed by atoms with Gasteiger partial charge in [0.1, 0.15) is 12.2 Å². The topological polar surface area (TPSA) is 67.3 Å². The molecule has 0 bridgehead atoms. The Kier molecular flexibility index (Phi) is 5.55. The lowest BCUT2D eigenvalue weighted by molar-refractivity contribution is 0.0921. The third-order valence-corrected chi connectivity index (χ3v) is 7.13. The molecule has 2 atom stereocenters. The molecule has 0 spiro atoms. The van der Waals surface area contributed by atoms with Crippen molar-refractivity contribution in [2.75, 3.05) is 18.0 Å². The van der Waals surface area contributed by atoms with Gasteiger partial charge in [-0.15, -0.1) is 0 Å². The number of carbonyl (C=O) groups is 1. The fourth-order valence-electron chi connectivity index (χ4n) is 4.89. The Morgan fingerprint density at radius 1 is 1.13 bits per heavy atom. The molecule has 1 amide bonds. The van der Waals surface area contributed by atoms with Gasteiger partial charge in [0.15, 0.2) is 0 Å². The molecule has 1 N–H and O–H groups in total. The van der Waals surface area contributed by atoms with Crippen LogP contribution in [0.1, 0.15) is 65.6 Å². The molecular formula is C25H32N4O2. The van der Waals surface area contributed by atoms with Crippen LogP contribution in [0.4, 0.5) is 5.95 Å². The number of nitrogens with one attached hydrogen (secondary N) is 1. The first-order valence-electron chi connectivity index (χ1n) is 11.7. The summed E-state index contributed by atoms with van der Waals surface area (Å²) in [4.78, 5) is 24.5. The molecule has 1 aliphatic heterocycles. The quantitative estimate of drug-likeness (QED) is 0.759. The van der Waals surface area contributed by atoms with Crippen molar-refractivity contribution >= 4 is 11.9 Å². The van der Waals surface area contributed by atoms with Crippen LogP contribution in [0, 0.1) is 25.7 Å². The van der Waals surface area contributed by atoms with Crippen molar-refractivity contribution in [2.24, 2.45) is 11.8 Å². The number of anilines is 1. The van der Waals surface area contributed by atoms with Gasteiger partial charge in [-0.3, -0.25) is 4.79 Å². The summed E-state index contributed by atoms with van der Waals surface area (Å²) >= 11 is 0. The zero-order valence-electron chi connectivity index (χ0n) is 18.6. The predicted octanol–water partition coefficient (Wildman–Crippen LogP) is 4.19. The van der Waals surface area contributed by atoms with E-state index in [2.05, 4.69) is 47.2 Å². The van der Waals surface area contributed by atoms with Gasteiger partial charge in [0.2, 0.25) is 11.8 Å². The Morgan fingerprint density at radius 3 is 2.65 bits per heavy atom. The summed E-state index contributed by atoms with van der Waals surface area (Å²) in [5.41, 5.74) is 4.00. The molecule has 1 aromatic heterocycles. The molecule has 6 nitrogen and oxygen atoms in total. The van der Waals surface area contributed by atoms with Crippen LogP contribution in [0.3, 0.4) is 0 Å². The van der Waals surface area contributed by atoms with Crippen molar-refractivity contribution in [1.29, 1.82) is 0 Å². The maximum atomic E-state index is 13.1. The van der Waals surface area contributed by atoms with Crippen LogP contribution < -0.4 is 15.0 Å². The molecule has 2 saturated carbocycles. The lowest BCUT2D eigenvalue weighted by Gasteiger charge is -2.23. The third kappa shape index (κ3) is 4.53. The fraction of sp³-hybridized carbons (Fsp3) is 0.560. The second-order valence-corrected chi connectivity index (χ2v) is 9.57. The molecular weight excluding hydrogens is 388 g/mol. The number of hydrogen-bond donors (Lipinski definition) is 1. The van der Waals surface area contributed by atoms with E-state index in [4.69, 9.17) is 9.72 Å². The molecule has 2 unspecified atom stereocenters. The van der Waals surface area contributed by atoms with Crippen molar-refractivity contribution in [2.45, 2.75) is 65.0 Å². The summed E-state index contributed by atoms with van der Waals surface area (Å²) in [5.74, 6) is 2.52. The van der Waals surface area contributed by atoms with Crippen LogP contribution in [0.15, 0.2) is 24.4 Å². The number of amides is 1. The molecule has 1 aromatic carbocycles. The number of carbonyl (C=O) groups excluding carboxylic acids is 1. The van der Waals surface area contributed by atoms with Crippen molar-refractivity contribution in [3.8, 4) is 5.88 Å². The summed E-state index contributed by atoms with van der Waals surface area (Å²) in [5, 5.41) is 3.18. The summed E-state index contributed by atoms with van der Waals surface area (Å²) in [6.07, 6.45) is 8.67. The lowest BCUT2D eigenvalue weighted by Crippen LogP contribution is -2.36. The number of benzene rings is 1. The molecule has 1 saturated heterocycles. The zero-order valence-corrected chi connectivity index (χ0v) is 18.6. The molecule has 164 valence electrons. The van der Waals surface area contributed by atoms with Gasteiger partial charge in [-0.1, -0.05) is 37.5 Å². The Hall–Kier alpha value is -2.63. The fourth-order valence-corrected chi connectivity index (χ4v) is 4.89. The maximum Gasteiger partial charge on any atom is 0.258 e. The van der Waals surface area contributed by atoms with Crippen LogP contribution in [0.2, 0.25) is 0 Å². The molecule has 0 radical (unpaired) electrons. The number of fused-ring (bicyclic) bond motifs is 1. The lowest BCUT2D eigenvalue weighted by atomic mass is 9.95. The number of aromatic nitrogens is 2. The number of hydrogen-bond acceptors (Lipinski definition) is 5. The molecule has 3 aliphatic rings. The van der Waals surface area contributed by atoms with Gasteiger partial charge in [-0.2, -0.15) is 4.98 Å². The van der Waals surface area contributed by atoms with Gasteiger partial charge in [0.25, 0.3) is 5.91 Å². The van der Waals surface area contributed by atoms with Crippen molar-refractivity contribution < 1.29 is 9.53 Å². The standard InChI is InChI=1S/C25H32N4O2/c1-16-8-9-18(10-17(16)2)15-31-24-22(23(30)27-21-6-4-3-5-7-21)12-26-25(28-24)29-13-19-11-20(19)14-29/h8-10,12,19-21H,3-7,11,13-15H2,1-2H3,(H,27,30). The number of piperidine rings is 1. The highest BCUT2D eigenvalue weighted by Gasteiger charge is 2.46. The molecule has 3 fully saturated rings. The first-order chi connectivity index (χ1) is 15.1. The zero-order chi connectivity index (χ0) is 21.4. The van der Waals surface area contributed by atoms with E-state index in [1.54, 1.807) is 6.20 Å². The Morgan fingerprint density at radius 2 is 1.90 bits per heavy atom. The van der Waals surface area contributed by atoms with E-state index in [9.17, 15) is 4.79 Å². The highest BCUT2D eigenvalue weighted by molar-refractivity contribution is 5.96. The summed E-state index contributed by atoms with van der Waals surface area (Å²) < 4.78 is 6.13. The number of aryl methyl sites for hydroxylation is 2. The smallest absolute Gasteiger partial charge is 0.258 e. The molecule has 2 aliphatic carbocycles. The van der Waals surface area contributed by atoms with E-state index in [-0.39, 0.29) is 11.9 Å². The van der Waals surface area contributed by atoms with E-state index in [1.165, 1.54) is 36.8 Å². The number of ether oxygens (including phenoxy) is 1. The first kappa shape index (κ1) is 20.3. The second kappa shape index (κ2) is 8.48. The molecule has 5 rings (SSSR count). The van der Waals surface area contributed by atoms with E-state index in [0.29, 0.717) is 24.0 Å². The van der Waals surface area contributed by atoms with Crippen LogP contribution in [-0.4, -0.2) is 35.0 Å². The summed E-state index contributed by atoms with van der Waals surface area (Å²) in [6.45, 7) is 6.60. The maximum absolute atomic E-state index is 13.1. The molecule has 6 heteroatoms. The van der Waals surface area contributed by atoms with Crippen LogP contribution in [0.25, 0.3) is 0 Å². The average molecular weight is 421 g/mol. The van der Waals surface area contributed by atoms with E-state index < -0.39 is 0 Å². The second-order valence-electron chi connectivity index (χ2n) is 9.57. The Balaban J connectivity index is 1.36. The normalized spacial score (nSPS) is 22.8. The Bertz CT molecular complexity index is 960. The van der Waals surface area contributed by atoms with Gasteiger partial charge >= 0.3 is 0 Å². The van der Waals surface area contributed by atoms with E-state index in [1.807, 2.05) is 0 Å². The SMILES string of the molecule is Cc1ccc(COc2nc(N3CC4CC4C3)ncc2C(=O)NC2CCCCC2)cc1C. The van der Waals surface area contributed by atoms with Crippen molar-refractivity contribution in [3.05, 3.63) is 46.6 Å². The van der Waals surface area contributed by atoms with Crippen molar-refractivity contribution in [1.82, 2.24) is 15.3 Å². The van der Waals surface area contributed by atoms with Crippen LogP contribution >= 0.6 is 0 Å². The van der Waals surface area contributed by atoms with Gasteiger partial charge in [0, 0.05) is 25.3 Å². The summed E-state index contributed by atoms with van der Waals surface area (Å²) in [6, 6.07) is 6.54. The molecule has 31 heavy (non-hydrogen) atoms. The van der Waals surface area contributed by atoms with Gasteiger partial charge in [0.05, 0.1) is 0 Å². The van der Waals surface area contributed by atoms with Crippen LogP contribution in [-0.2, 0) is 6.61 Å². The van der Waals surface area contributed by atoms with E-state index in [0.717, 1.165) is 43.3 Å². The minimum Gasteiger partial charge on any atom is -0.472 e. The minimum atomic E-state index is -0.127. The van der Waals surface area contributed by atoms with Gasteiger partial charge in [-0.05, 0) is 61.6 Å². The number of rotatable bonds is 6. The van der Waals surface area contributed by atoms with Crippen LogP contribution in [0.5, 0.6) is 5.88 Å². The average Bonchev–Trinajstić information content (AvgIpc) is 3.39. The number of nitrogens with zero attached hydrogens (tertiary/aromatic N) is 3. The highest BCUT2D eigenvalue weighted by atomic mass is 16.5. The highest BCUT2D eigenvalue weighted by Crippen LogP contribution is 2.45. The van der Waals surface area contributed by atoms with Gasteiger partial charge in [-0.25, -0.2) is 4.98 Å². The third-order valence-electron chi connectivity index (χ3n) is 7.13. The van der Waals surface area contributed by atoms with Crippen molar-refractivity contribution in [3.63, 3.8) is 0 Å². The monoisotopic (exact) mass is 420 g/mol. The Labute approximate surface area is 184 Å². The summed E-state index contributed by atoms with van der Waals surface area (Å²) in [7, 11) is 0. The minimum absolute atomic E-state index is 0.127.